The van der Waals surface area contributed by atoms with Crippen molar-refractivity contribution in [1.82, 2.24) is 0 Å². The van der Waals surface area contributed by atoms with Crippen LogP contribution in [0.15, 0.2) is 24.3 Å². The van der Waals surface area contributed by atoms with Crippen LogP contribution in [-0.2, 0) is 21.0 Å². The van der Waals surface area contributed by atoms with Gasteiger partial charge in [0.2, 0.25) is 0 Å². The zero-order valence-corrected chi connectivity index (χ0v) is 9.29. The second kappa shape index (κ2) is 5.45. The fourth-order valence-electron chi connectivity index (χ4n) is 0.932. The summed E-state index contributed by atoms with van der Waals surface area (Å²) in [4.78, 5) is 8.42. The topological polar surface area (TPSA) is 46.5 Å². The van der Waals surface area contributed by atoms with Gasteiger partial charge in [-0.05, 0) is 11.1 Å². The van der Waals surface area contributed by atoms with E-state index in [1.54, 1.807) is 0 Å². The molecule has 70 valence electrons. The van der Waals surface area contributed by atoms with Crippen molar-refractivity contribution in [3.63, 3.8) is 0 Å². The van der Waals surface area contributed by atoms with Gasteiger partial charge in [0.1, 0.15) is 6.61 Å². The molecule has 0 radical (unpaired) electrons. The van der Waals surface area contributed by atoms with Gasteiger partial charge in [-0.25, -0.2) is 0 Å². The van der Waals surface area contributed by atoms with Crippen molar-refractivity contribution in [2.24, 2.45) is 0 Å². The highest BCUT2D eigenvalue weighted by atomic mass is 79.9. The van der Waals surface area contributed by atoms with E-state index in [-0.39, 0.29) is 6.61 Å². The van der Waals surface area contributed by atoms with E-state index in [9.17, 15) is 4.57 Å². The molecule has 5 heteroatoms. The molecule has 0 aromatic heterocycles. The molecule has 1 atom stereocenters. The quantitative estimate of drug-likeness (QED) is 0.671. The molecule has 0 spiro atoms. The van der Waals surface area contributed by atoms with Gasteiger partial charge in [-0.3, -0.25) is 0 Å². The first-order chi connectivity index (χ1) is 6.22. The monoisotopic (exact) mass is 263 g/mol. The highest BCUT2D eigenvalue weighted by molar-refractivity contribution is 9.08. The highest BCUT2D eigenvalue weighted by Crippen LogP contribution is 2.18. The summed E-state index contributed by atoms with van der Waals surface area (Å²) in [5.74, 6) is 0. The van der Waals surface area contributed by atoms with E-state index in [4.69, 9.17) is 4.89 Å². The highest BCUT2D eigenvalue weighted by Gasteiger charge is 2.11. The summed E-state index contributed by atoms with van der Waals surface area (Å²) in [6.45, 7) is 0.173. The molecule has 0 aliphatic rings. The molecular formula is C8H9BrO3P+. The van der Waals surface area contributed by atoms with Crippen LogP contribution in [0.1, 0.15) is 11.1 Å². The number of hydrogen-bond donors (Lipinski definition) is 1. The van der Waals surface area contributed by atoms with Crippen LogP contribution >= 0.6 is 24.2 Å². The molecule has 0 bridgehead atoms. The Labute approximate surface area is 85.8 Å². The van der Waals surface area contributed by atoms with Crippen LogP contribution in [0.5, 0.6) is 0 Å². The van der Waals surface area contributed by atoms with Crippen LogP contribution in [0, 0.1) is 0 Å². The van der Waals surface area contributed by atoms with Crippen molar-refractivity contribution in [2.45, 2.75) is 11.9 Å². The molecule has 0 aliphatic heterocycles. The average molecular weight is 264 g/mol. The second-order valence-corrected chi connectivity index (χ2v) is 3.76. The van der Waals surface area contributed by atoms with Crippen molar-refractivity contribution < 1.29 is 14.0 Å². The molecule has 0 saturated carbocycles. The van der Waals surface area contributed by atoms with Crippen molar-refractivity contribution in [3.8, 4) is 0 Å². The Bertz CT molecular complexity index is 303. The number of alkyl halides is 1. The maximum atomic E-state index is 10.2. The fraction of sp³-hybridized carbons (Fsp3) is 0.250. The van der Waals surface area contributed by atoms with Crippen LogP contribution in [0.4, 0.5) is 0 Å². The van der Waals surface area contributed by atoms with Crippen molar-refractivity contribution in [1.29, 1.82) is 0 Å². The minimum atomic E-state index is -2.50. The molecule has 0 heterocycles. The number of hydrogen-bond acceptors (Lipinski definition) is 2. The predicted molar refractivity (Wildman–Crippen MR) is 53.7 cm³/mol. The molecule has 13 heavy (non-hydrogen) atoms. The molecule has 0 aliphatic carbocycles. The minimum absolute atomic E-state index is 0.173. The normalized spacial score (nSPS) is 11.4. The van der Waals surface area contributed by atoms with Gasteiger partial charge in [0, 0.05) is 9.90 Å². The van der Waals surface area contributed by atoms with E-state index >= 15 is 0 Å². The van der Waals surface area contributed by atoms with Crippen molar-refractivity contribution >= 4 is 24.2 Å². The Morgan fingerprint density at radius 3 is 2.77 bits per heavy atom. The molecule has 0 saturated heterocycles. The number of benzene rings is 1. The lowest BCUT2D eigenvalue weighted by Gasteiger charge is -1.97. The first kappa shape index (κ1) is 10.8. The predicted octanol–water partition coefficient (Wildman–Crippen LogP) is 2.75. The average Bonchev–Trinajstić information content (AvgIpc) is 2.15. The van der Waals surface area contributed by atoms with E-state index in [0.29, 0.717) is 0 Å². The summed E-state index contributed by atoms with van der Waals surface area (Å²) in [6, 6.07) is 7.63. The summed E-state index contributed by atoms with van der Waals surface area (Å²) in [5, 5.41) is 0.770. The molecule has 1 aromatic carbocycles. The van der Waals surface area contributed by atoms with Gasteiger partial charge in [0.05, 0.1) is 0 Å². The zero-order valence-electron chi connectivity index (χ0n) is 6.81. The molecule has 1 N–H and O–H groups in total. The van der Waals surface area contributed by atoms with Gasteiger partial charge < -0.3 is 0 Å². The van der Waals surface area contributed by atoms with Crippen LogP contribution < -0.4 is 0 Å². The smallest absolute Gasteiger partial charge is 0.133 e. The molecule has 3 nitrogen and oxygen atoms in total. The third-order valence-electron chi connectivity index (χ3n) is 1.49. The van der Waals surface area contributed by atoms with Crippen LogP contribution in [-0.4, -0.2) is 4.89 Å². The molecule has 0 fully saturated rings. The molecular weight excluding hydrogens is 255 g/mol. The third kappa shape index (κ3) is 3.96. The lowest BCUT2D eigenvalue weighted by molar-refractivity contribution is 0.272. The SMILES string of the molecule is O=[P+](O)OCc1cccc(CBr)c1. The number of halogens is 1. The third-order valence-corrected chi connectivity index (χ3v) is 2.48. The van der Waals surface area contributed by atoms with Gasteiger partial charge in [-0.15, -0.1) is 9.42 Å². The van der Waals surface area contributed by atoms with Crippen molar-refractivity contribution in [2.75, 3.05) is 0 Å². The van der Waals surface area contributed by atoms with E-state index < -0.39 is 8.25 Å². The maximum Gasteiger partial charge on any atom is 0.695 e. The summed E-state index contributed by atoms with van der Waals surface area (Å²) in [7, 11) is -2.50. The van der Waals surface area contributed by atoms with E-state index in [0.717, 1.165) is 16.5 Å². The van der Waals surface area contributed by atoms with Gasteiger partial charge in [-0.2, -0.15) is 0 Å². The zero-order chi connectivity index (χ0) is 9.68. The van der Waals surface area contributed by atoms with Gasteiger partial charge in [0.25, 0.3) is 0 Å². The fourth-order valence-corrected chi connectivity index (χ4v) is 1.54. The largest absolute Gasteiger partial charge is 0.695 e. The van der Waals surface area contributed by atoms with Crippen LogP contribution in [0.2, 0.25) is 0 Å². The molecule has 0 amide bonds. The summed E-state index contributed by atoms with van der Waals surface area (Å²) in [5.41, 5.74) is 2.02. The van der Waals surface area contributed by atoms with E-state index in [1.807, 2.05) is 24.3 Å². The molecule has 1 rings (SSSR count). The van der Waals surface area contributed by atoms with Crippen LogP contribution in [0.25, 0.3) is 0 Å². The minimum Gasteiger partial charge on any atom is -0.133 e. The van der Waals surface area contributed by atoms with Gasteiger partial charge >= 0.3 is 8.25 Å². The van der Waals surface area contributed by atoms with Crippen molar-refractivity contribution in [3.05, 3.63) is 35.4 Å². The molecule has 1 unspecified atom stereocenters. The maximum absolute atomic E-state index is 10.2. The lowest BCUT2D eigenvalue weighted by atomic mass is 10.1. The summed E-state index contributed by atoms with van der Waals surface area (Å²) >= 11 is 3.32. The lowest BCUT2D eigenvalue weighted by Crippen LogP contribution is -1.87. The Balaban J connectivity index is 2.61. The van der Waals surface area contributed by atoms with E-state index in [1.165, 1.54) is 0 Å². The second-order valence-electron chi connectivity index (χ2n) is 2.46. The van der Waals surface area contributed by atoms with E-state index in [2.05, 4.69) is 20.5 Å². The van der Waals surface area contributed by atoms with Gasteiger partial charge in [0.15, 0.2) is 0 Å². The number of rotatable bonds is 4. The summed E-state index contributed by atoms with van der Waals surface area (Å²) < 4.78 is 14.8. The Kier molecular flexibility index (Phi) is 4.53. The first-order valence-corrected chi connectivity index (χ1v) is 5.90. The molecule has 1 aromatic rings. The van der Waals surface area contributed by atoms with Gasteiger partial charge in [-0.1, -0.05) is 40.2 Å². The first-order valence-electron chi connectivity index (χ1n) is 3.65. The Morgan fingerprint density at radius 1 is 1.46 bits per heavy atom. The summed E-state index contributed by atoms with van der Waals surface area (Å²) in [6.07, 6.45) is 0. The Morgan fingerprint density at radius 2 is 2.15 bits per heavy atom. The Hall–Kier alpha value is -0.280. The van der Waals surface area contributed by atoms with Crippen LogP contribution in [0.3, 0.4) is 0 Å². The standard InChI is InChI=1S/C8H8BrO3P/c9-5-7-2-1-3-8(4-7)6-12-13(10)11/h1-4H,5-6H2/p+1.